The summed E-state index contributed by atoms with van der Waals surface area (Å²) in [4.78, 5) is 9.44. The van der Waals surface area contributed by atoms with Crippen molar-refractivity contribution < 1.29 is 4.79 Å². The maximum atomic E-state index is 9.44. The molecule has 0 saturated heterocycles. The van der Waals surface area contributed by atoms with Crippen molar-refractivity contribution in [3.05, 3.63) is 59.3 Å². The highest BCUT2D eigenvalue weighted by atomic mass is 16.1. The molecular formula is C22H34O. The summed E-state index contributed by atoms with van der Waals surface area (Å²) in [6.45, 7) is 18.1. The molecular weight excluding hydrogens is 280 g/mol. The molecule has 1 nitrogen and oxygen atoms in total. The van der Waals surface area contributed by atoms with E-state index in [2.05, 4.69) is 58.6 Å². The molecule has 0 amide bonds. The van der Waals surface area contributed by atoms with Crippen LogP contribution in [0.2, 0.25) is 0 Å². The van der Waals surface area contributed by atoms with Crippen LogP contribution in [0.15, 0.2) is 59.3 Å². The normalized spacial score (nSPS) is 18.1. The van der Waals surface area contributed by atoms with Gasteiger partial charge in [-0.2, -0.15) is 0 Å². The van der Waals surface area contributed by atoms with Crippen molar-refractivity contribution in [1.82, 2.24) is 0 Å². The smallest absolute Gasteiger partial charge is 0.126 e. The molecule has 23 heavy (non-hydrogen) atoms. The van der Waals surface area contributed by atoms with Crippen LogP contribution in [0.25, 0.3) is 0 Å². The second kappa shape index (κ2) is 10.2. The molecule has 1 aliphatic carbocycles. The maximum Gasteiger partial charge on any atom is 0.126 e. The number of carbonyl (C=O) groups excluding carboxylic acids is 1. The summed E-state index contributed by atoms with van der Waals surface area (Å²) in [5.74, 6) is 0.167. The van der Waals surface area contributed by atoms with Crippen molar-refractivity contribution in [3.8, 4) is 0 Å². The van der Waals surface area contributed by atoms with Crippen LogP contribution >= 0.6 is 0 Å². The molecule has 0 N–H and O–H groups in total. The van der Waals surface area contributed by atoms with Crippen molar-refractivity contribution in [3.63, 3.8) is 0 Å². The summed E-state index contributed by atoms with van der Waals surface area (Å²) in [5.41, 5.74) is 5.76. The molecule has 1 aliphatic rings. The summed E-state index contributed by atoms with van der Waals surface area (Å²) >= 11 is 0. The van der Waals surface area contributed by atoms with E-state index in [-0.39, 0.29) is 5.78 Å². The highest BCUT2D eigenvalue weighted by molar-refractivity contribution is 5.72. The van der Waals surface area contributed by atoms with Gasteiger partial charge in [-0.05, 0) is 64.9 Å². The lowest BCUT2D eigenvalue weighted by Crippen LogP contribution is -2.19. The minimum absolute atomic E-state index is 0.167. The van der Waals surface area contributed by atoms with E-state index in [9.17, 15) is 4.79 Å². The zero-order chi connectivity index (χ0) is 18.0. The highest BCUT2D eigenvalue weighted by Crippen LogP contribution is 2.40. The van der Waals surface area contributed by atoms with Crippen molar-refractivity contribution in [2.24, 2.45) is 5.41 Å². The number of rotatable bonds is 4. The number of Topliss-reactive ketones (excluding diaryl/α,β-unsaturated/α-hetero) is 1. The zero-order valence-electron chi connectivity index (χ0n) is 16.1. The fourth-order valence-electron chi connectivity index (χ4n) is 2.64. The Morgan fingerprint density at radius 1 is 1.13 bits per heavy atom. The van der Waals surface area contributed by atoms with Gasteiger partial charge >= 0.3 is 0 Å². The van der Waals surface area contributed by atoms with Crippen LogP contribution in [0.1, 0.15) is 67.7 Å². The molecule has 0 saturated carbocycles. The van der Waals surface area contributed by atoms with E-state index in [4.69, 9.17) is 0 Å². The van der Waals surface area contributed by atoms with E-state index < -0.39 is 0 Å². The Labute approximate surface area is 143 Å². The van der Waals surface area contributed by atoms with E-state index in [1.54, 1.807) is 5.57 Å². The van der Waals surface area contributed by atoms with Gasteiger partial charge in [-0.3, -0.25) is 0 Å². The van der Waals surface area contributed by atoms with Gasteiger partial charge < -0.3 is 4.79 Å². The van der Waals surface area contributed by atoms with Crippen LogP contribution < -0.4 is 0 Å². The molecule has 128 valence electrons. The Kier molecular flexibility index (Phi) is 9.48. The first-order valence-electron chi connectivity index (χ1n) is 8.42. The fourth-order valence-corrected chi connectivity index (χ4v) is 2.64. The third kappa shape index (κ3) is 9.89. The first-order chi connectivity index (χ1) is 10.6. The summed E-state index contributed by atoms with van der Waals surface area (Å²) in [6, 6.07) is 0. The number of hydrogen-bond donors (Lipinski definition) is 0. The lowest BCUT2D eigenvalue weighted by Gasteiger charge is -2.32. The van der Waals surface area contributed by atoms with E-state index >= 15 is 0 Å². The van der Waals surface area contributed by atoms with Crippen molar-refractivity contribution in [2.75, 3.05) is 0 Å². The Morgan fingerprint density at radius 3 is 2.17 bits per heavy atom. The van der Waals surface area contributed by atoms with Gasteiger partial charge in [0.2, 0.25) is 0 Å². The molecule has 0 aromatic heterocycles. The summed E-state index contributed by atoms with van der Waals surface area (Å²) in [7, 11) is 0. The van der Waals surface area contributed by atoms with E-state index in [0.29, 0.717) is 5.41 Å². The van der Waals surface area contributed by atoms with Crippen LogP contribution in [0.3, 0.4) is 0 Å². The minimum atomic E-state index is 0.167. The first-order valence-corrected chi connectivity index (χ1v) is 8.42. The van der Waals surface area contributed by atoms with Crippen LogP contribution in [0, 0.1) is 5.41 Å². The SMILES string of the molecule is C=C(C)/C=C/C=C(C)/C=C/C1=C(C)CCCC1(C)C.CC(C)=O. The molecule has 0 atom stereocenters. The van der Waals surface area contributed by atoms with E-state index in [1.165, 1.54) is 44.3 Å². The lowest BCUT2D eigenvalue weighted by molar-refractivity contribution is -0.114. The van der Waals surface area contributed by atoms with Crippen molar-refractivity contribution in [2.45, 2.75) is 67.7 Å². The molecule has 1 heteroatoms. The number of carbonyl (C=O) groups is 1. The molecule has 1 rings (SSSR count). The average molecular weight is 315 g/mol. The molecule has 0 bridgehead atoms. The maximum absolute atomic E-state index is 9.44. The first kappa shape index (κ1) is 21.4. The van der Waals surface area contributed by atoms with Gasteiger partial charge in [0.1, 0.15) is 5.78 Å². The molecule has 0 unspecified atom stereocenters. The predicted octanol–water partition coefficient (Wildman–Crippen LogP) is 6.74. The van der Waals surface area contributed by atoms with Gasteiger partial charge in [-0.1, -0.05) is 67.5 Å². The van der Waals surface area contributed by atoms with Gasteiger partial charge in [0.05, 0.1) is 0 Å². The molecule has 0 aliphatic heterocycles. The largest absolute Gasteiger partial charge is 0.300 e. The van der Waals surface area contributed by atoms with Crippen molar-refractivity contribution >= 4 is 5.78 Å². The summed E-state index contributed by atoms with van der Waals surface area (Å²) < 4.78 is 0. The topological polar surface area (TPSA) is 17.1 Å². The molecule has 0 fully saturated rings. The van der Waals surface area contributed by atoms with Crippen molar-refractivity contribution in [1.29, 1.82) is 0 Å². The predicted molar refractivity (Wildman–Crippen MR) is 104 cm³/mol. The monoisotopic (exact) mass is 314 g/mol. The highest BCUT2D eigenvalue weighted by Gasteiger charge is 2.26. The third-order valence-electron chi connectivity index (χ3n) is 3.80. The lowest BCUT2D eigenvalue weighted by atomic mass is 9.72. The van der Waals surface area contributed by atoms with E-state index in [1.807, 2.05) is 13.0 Å². The van der Waals surface area contributed by atoms with Crippen LogP contribution in [-0.4, -0.2) is 5.78 Å². The fraction of sp³-hybridized carbons (Fsp3) is 0.500. The van der Waals surface area contributed by atoms with Gasteiger partial charge in [-0.25, -0.2) is 0 Å². The Morgan fingerprint density at radius 2 is 1.70 bits per heavy atom. The summed E-state index contributed by atoms with van der Waals surface area (Å²) in [6.07, 6.45) is 14.7. The quantitative estimate of drug-likeness (QED) is 0.525. The molecule has 0 radical (unpaired) electrons. The number of ketones is 1. The molecule has 0 aromatic rings. The third-order valence-corrected chi connectivity index (χ3v) is 3.80. The Balaban J connectivity index is 0.00000108. The average Bonchev–Trinajstić information content (AvgIpc) is 2.36. The minimum Gasteiger partial charge on any atom is -0.300 e. The molecule has 0 heterocycles. The van der Waals surface area contributed by atoms with Crippen LogP contribution in [0.5, 0.6) is 0 Å². The van der Waals surface area contributed by atoms with E-state index in [0.717, 1.165) is 5.57 Å². The zero-order valence-corrected chi connectivity index (χ0v) is 16.1. The second-order valence-electron chi connectivity index (χ2n) is 7.29. The standard InChI is InChI=1S/C19H28.C3H6O/c1-15(2)9-7-10-16(3)12-13-18-17(4)11-8-14-19(18,5)6;1-3(2)4/h7,9-10,12-13H,1,8,11,14H2,2-6H3;1-2H3/b9-7+,13-12+,16-10+;. The number of hydrogen-bond acceptors (Lipinski definition) is 1. The Bertz CT molecular complexity index is 532. The van der Waals surface area contributed by atoms with Gasteiger partial charge in [0, 0.05) is 0 Å². The van der Waals surface area contributed by atoms with Gasteiger partial charge in [-0.15, -0.1) is 0 Å². The van der Waals surface area contributed by atoms with Crippen LogP contribution in [0.4, 0.5) is 0 Å². The Hall–Kier alpha value is -1.63. The van der Waals surface area contributed by atoms with Crippen LogP contribution in [-0.2, 0) is 4.79 Å². The molecule has 0 spiro atoms. The van der Waals surface area contributed by atoms with Gasteiger partial charge in [0.15, 0.2) is 0 Å². The molecule has 0 aromatic carbocycles. The van der Waals surface area contributed by atoms with Gasteiger partial charge in [0.25, 0.3) is 0 Å². The number of allylic oxidation sites excluding steroid dienone is 9. The summed E-state index contributed by atoms with van der Waals surface area (Å²) in [5, 5.41) is 0. The second-order valence-corrected chi connectivity index (χ2v) is 7.29.